The van der Waals surface area contributed by atoms with Crippen LogP contribution in [0.5, 0.6) is 0 Å². The number of hydrogen-bond donors (Lipinski definition) is 0. The van der Waals surface area contributed by atoms with Gasteiger partial charge in [-0.3, -0.25) is 0 Å². The predicted molar refractivity (Wildman–Crippen MR) is 98.2 cm³/mol. The number of halogens is 8. The number of benzene rings is 1. The van der Waals surface area contributed by atoms with Gasteiger partial charge in [-0.2, -0.15) is 31.6 Å². The highest BCUT2D eigenvalue weighted by molar-refractivity contribution is 14.1. The Morgan fingerprint density at radius 1 is 1.00 bits per heavy atom. The van der Waals surface area contributed by atoms with Gasteiger partial charge < -0.3 is 0 Å². The van der Waals surface area contributed by atoms with Crippen molar-refractivity contribution in [2.75, 3.05) is 0 Å². The molecule has 0 saturated carbocycles. The Morgan fingerprint density at radius 2 is 1.57 bits per heavy atom. The Balaban J connectivity index is 3.04. The largest absolute Gasteiger partial charge is 0.433 e. The van der Waals surface area contributed by atoms with E-state index in [1.54, 1.807) is 35.6 Å². The smallest absolute Gasteiger partial charge is 0.222 e. The van der Waals surface area contributed by atoms with Gasteiger partial charge in [-0.25, -0.2) is 4.39 Å². The molecule has 0 aromatic heterocycles. The molecule has 0 amide bonds. The molecule has 28 heavy (non-hydrogen) atoms. The summed E-state index contributed by atoms with van der Waals surface area (Å²) in [5.74, 6) is 0. The Bertz CT molecular complexity index is 831. The van der Waals surface area contributed by atoms with Crippen LogP contribution in [0.25, 0.3) is 0 Å². The van der Waals surface area contributed by atoms with Gasteiger partial charge in [-0.15, -0.1) is 0 Å². The lowest BCUT2D eigenvalue weighted by atomic mass is 9.63. The van der Waals surface area contributed by atoms with Gasteiger partial charge in [0.05, 0.1) is 17.0 Å². The average molecular weight is 516 g/mol. The standard InChI is InChI=1S/C19H14F7IN/c1-2-5-12-8-14(27)10-16(9-12,15-7-4-3-6-13(15)11-28)17(20,18(21,22)23)19(24,25)26/h3-4,6-10H,2,5H2,1H3. The lowest BCUT2D eigenvalue weighted by Gasteiger charge is -2.45. The molecule has 0 heterocycles. The van der Waals surface area contributed by atoms with Crippen molar-refractivity contribution in [1.82, 2.24) is 0 Å². The van der Waals surface area contributed by atoms with E-state index in [9.17, 15) is 31.6 Å². The first-order valence-electron chi connectivity index (χ1n) is 8.11. The summed E-state index contributed by atoms with van der Waals surface area (Å²) in [5, 5.41) is 9.28. The minimum atomic E-state index is -6.29. The number of nitriles is 1. The van der Waals surface area contributed by atoms with Gasteiger partial charge in [0.1, 0.15) is 0 Å². The molecule has 0 spiro atoms. The van der Waals surface area contributed by atoms with E-state index in [1.807, 2.05) is 0 Å². The van der Waals surface area contributed by atoms with E-state index < -0.39 is 34.6 Å². The summed E-state index contributed by atoms with van der Waals surface area (Å²) in [6, 6.07) is 6.04. The summed E-state index contributed by atoms with van der Waals surface area (Å²) >= 11 is 1.56. The molecular weight excluding hydrogens is 502 g/mol. The van der Waals surface area contributed by atoms with Crippen LogP contribution in [-0.2, 0) is 5.41 Å². The molecule has 1 radical (unpaired) electrons. The molecule has 1 aliphatic rings. The lowest BCUT2D eigenvalue weighted by molar-refractivity contribution is -0.354. The molecule has 1 atom stereocenters. The third-order valence-electron chi connectivity index (χ3n) is 4.49. The Hall–Kier alpha value is -1.57. The van der Waals surface area contributed by atoms with Gasteiger partial charge in [-0.05, 0) is 44.2 Å². The van der Waals surface area contributed by atoms with Crippen LogP contribution in [0.4, 0.5) is 30.7 Å². The van der Waals surface area contributed by atoms with E-state index in [0.717, 1.165) is 12.1 Å². The van der Waals surface area contributed by atoms with Crippen LogP contribution in [0.2, 0.25) is 0 Å². The van der Waals surface area contributed by atoms with Crippen molar-refractivity contribution in [3.05, 3.63) is 63.1 Å². The SMILES string of the molecule is CCCC1=CC(c2ccccc2C#N)(C(F)(C(F)(F)F)C(F)(F)F)C=C(I)[CH]1. The molecule has 1 aromatic rings. The Labute approximate surface area is 171 Å². The zero-order valence-corrected chi connectivity index (χ0v) is 16.6. The highest BCUT2D eigenvalue weighted by atomic mass is 127. The first-order chi connectivity index (χ1) is 12.8. The predicted octanol–water partition coefficient (Wildman–Crippen LogP) is 6.89. The fraction of sp³-hybridized carbons (Fsp3) is 0.368. The van der Waals surface area contributed by atoms with Crippen LogP contribution in [0.1, 0.15) is 30.9 Å². The van der Waals surface area contributed by atoms with Gasteiger partial charge in [0, 0.05) is 6.42 Å². The topological polar surface area (TPSA) is 23.8 Å². The molecule has 2 rings (SSSR count). The van der Waals surface area contributed by atoms with Crippen LogP contribution in [-0.4, -0.2) is 18.0 Å². The zero-order chi connectivity index (χ0) is 21.4. The number of alkyl halides is 7. The summed E-state index contributed by atoms with van der Waals surface area (Å²) in [6.45, 7) is 1.70. The van der Waals surface area contributed by atoms with Gasteiger partial charge in [0.2, 0.25) is 0 Å². The molecule has 1 aromatic carbocycles. The molecule has 0 bridgehead atoms. The van der Waals surface area contributed by atoms with Gasteiger partial charge in [0.25, 0.3) is 0 Å². The first kappa shape index (κ1) is 22.7. The fourth-order valence-corrected chi connectivity index (χ4v) is 4.25. The van der Waals surface area contributed by atoms with Crippen LogP contribution in [0.3, 0.4) is 0 Å². The monoisotopic (exact) mass is 516 g/mol. The fourth-order valence-electron chi connectivity index (χ4n) is 3.36. The highest BCUT2D eigenvalue weighted by Crippen LogP contribution is 2.60. The molecule has 0 aliphatic heterocycles. The number of nitrogens with zero attached hydrogens (tertiary/aromatic N) is 1. The maximum Gasteiger partial charge on any atom is 0.433 e. The minimum absolute atomic E-state index is 0.0202. The number of rotatable bonds is 4. The normalized spacial score (nSPS) is 21.0. The lowest BCUT2D eigenvalue weighted by Crippen LogP contribution is -2.65. The first-order valence-corrected chi connectivity index (χ1v) is 9.18. The molecular formula is C19H14F7IN. The maximum atomic E-state index is 15.5. The van der Waals surface area contributed by atoms with Crippen molar-refractivity contribution >= 4 is 22.6 Å². The van der Waals surface area contributed by atoms with Crippen LogP contribution in [0.15, 0.2) is 45.6 Å². The second-order valence-electron chi connectivity index (χ2n) is 6.32. The van der Waals surface area contributed by atoms with E-state index >= 15 is 4.39 Å². The molecule has 1 aliphatic carbocycles. The molecule has 0 fully saturated rings. The van der Waals surface area contributed by atoms with Crippen LogP contribution >= 0.6 is 22.6 Å². The Kier molecular flexibility index (Phi) is 6.24. The van der Waals surface area contributed by atoms with Crippen molar-refractivity contribution in [2.24, 2.45) is 0 Å². The molecule has 151 valence electrons. The molecule has 0 saturated heterocycles. The van der Waals surface area contributed by atoms with Crippen molar-refractivity contribution in [3.63, 3.8) is 0 Å². The summed E-state index contributed by atoms with van der Waals surface area (Å²) in [6.07, 6.45) is -9.31. The summed E-state index contributed by atoms with van der Waals surface area (Å²) in [7, 11) is 0. The van der Waals surface area contributed by atoms with Crippen molar-refractivity contribution in [2.45, 2.75) is 43.2 Å². The van der Waals surface area contributed by atoms with E-state index in [-0.39, 0.29) is 15.6 Å². The molecule has 1 unspecified atom stereocenters. The quantitative estimate of drug-likeness (QED) is 0.316. The number of hydrogen-bond acceptors (Lipinski definition) is 1. The molecule has 9 heteroatoms. The summed E-state index contributed by atoms with van der Waals surface area (Å²) < 4.78 is 97.9. The van der Waals surface area contributed by atoms with Crippen molar-refractivity contribution in [3.8, 4) is 6.07 Å². The second-order valence-corrected chi connectivity index (χ2v) is 7.57. The maximum absolute atomic E-state index is 15.5. The summed E-state index contributed by atoms with van der Waals surface area (Å²) in [4.78, 5) is 0. The van der Waals surface area contributed by atoms with Crippen LogP contribution in [0, 0.1) is 17.8 Å². The average Bonchev–Trinajstić information content (AvgIpc) is 2.58. The van der Waals surface area contributed by atoms with Gasteiger partial charge >= 0.3 is 18.0 Å². The molecule has 1 nitrogen and oxygen atoms in total. The van der Waals surface area contributed by atoms with Gasteiger partial charge in [-0.1, -0.05) is 49.3 Å². The van der Waals surface area contributed by atoms with Crippen molar-refractivity contribution in [1.29, 1.82) is 5.26 Å². The third-order valence-corrected chi connectivity index (χ3v) is 5.11. The highest BCUT2D eigenvalue weighted by Gasteiger charge is 2.81. The number of allylic oxidation sites excluding steroid dienone is 4. The van der Waals surface area contributed by atoms with Gasteiger partial charge in [0.15, 0.2) is 0 Å². The van der Waals surface area contributed by atoms with Crippen molar-refractivity contribution < 1.29 is 30.7 Å². The third kappa shape index (κ3) is 3.55. The minimum Gasteiger partial charge on any atom is -0.222 e. The van der Waals surface area contributed by atoms with E-state index in [4.69, 9.17) is 0 Å². The molecule has 0 N–H and O–H groups in total. The second kappa shape index (κ2) is 7.69. The Morgan fingerprint density at radius 3 is 2.07 bits per heavy atom. The van der Waals surface area contributed by atoms with E-state index in [2.05, 4.69) is 0 Å². The zero-order valence-electron chi connectivity index (χ0n) is 14.4. The van der Waals surface area contributed by atoms with Crippen LogP contribution < -0.4 is 0 Å². The van der Waals surface area contributed by atoms with E-state index in [0.29, 0.717) is 18.6 Å². The van der Waals surface area contributed by atoms with E-state index in [1.165, 1.54) is 18.6 Å². The summed E-state index contributed by atoms with van der Waals surface area (Å²) in [5.41, 5.74) is -9.93.